The van der Waals surface area contributed by atoms with E-state index < -0.39 is 0 Å². The Hall–Kier alpha value is -2.95. The van der Waals surface area contributed by atoms with E-state index in [1.54, 1.807) is 7.11 Å². The van der Waals surface area contributed by atoms with Crippen LogP contribution in [0.4, 0.5) is 10.5 Å². The molecule has 2 aliphatic heterocycles. The molecule has 23 heavy (non-hydrogen) atoms. The fraction of sp³-hybridized carbons (Fsp3) is 0.167. The van der Waals surface area contributed by atoms with E-state index in [4.69, 9.17) is 4.74 Å². The zero-order valence-corrected chi connectivity index (χ0v) is 12.7. The van der Waals surface area contributed by atoms with Crippen LogP contribution >= 0.6 is 0 Å². The van der Waals surface area contributed by atoms with E-state index in [-0.39, 0.29) is 11.9 Å². The smallest absolute Gasteiger partial charge is 0.319 e. The van der Waals surface area contributed by atoms with Gasteiger partial charge in [-0.25, -0.2) is 4.79 Å². The van der Waals surface area contributed by atoms with Crippen molar-refractivity contribution < 1.29 is 9.53 Å². The molecule has 5 nitrogen and oxygen atoms in total. The van der Waals surface area contributed by atoms with Gasteiger partial charge in [-0.05, 0) is 29.3 Å². The predicted octanol–water partition coefficient (Wildman–Crippen LogP) is 2.78. The lowest BCUT2D eigenvalue weighted by Gasteiger charge is -2.35. The van der Waals surface area contributed by atoms with Crippen LogP contribution in [-0.4, -0.2) is 19.7 Å². The average molecular weight is 307 g/mol. The molecular weight excluding hydrogens is 290 g/mol. The number of anilines is 1. The standard InChI is InChI=1S/C18H17N3O2/c1-23-12-8-6-11(7-9-12)16-13-4-2-3-5-14(13)20-15-10-19-18(22)21-17(15)16/h2-9,16,20H,10H2,1H3,(H2,19,21,22). The van der Waals surface area contributed by atoms with Gasteiger partial charge in [0.05, 0.1) is 31.0 Å². The fourth-order valence-corrected chi connectivity index (χ4v) is 3.19. The second kappa shape index (κ2) is 5.35. The van der Waals surface area contributed by atoms with E-state index in [0.717, 1.165) is 34.0 Å². The first kappa shape index (κ1) is 13.7. The minimum Gasteiger partial charge on any atom is -0.497 e. The monoisotopic (exact) mass is 307 g/mol. The highest BCUT2D eigenvalue weighted by atomic mass is 16.5. The summed E-state index contributed by atoms with van der Waals surface area (Å²) in [5, 5.41) is 9.20. The number of hydrogen-bond acceptors (Lipinski definition) is 3. The molecule has 4 rings (SSSR count). The van der Waals surface area contributed by atoms with Gasteiger partial charge in [-0.1, -0.05) is 30.3 Å². The number of carbonyl (C=O) groups excluding carboxylic acids is 1. The van der Waals surface area contributed by atoms with Crippen LogP contribution in [0.15, 0.2) is 59.9 Å². The van der Waals surface area contributed by atoms with Crippen molar-refractivity contribution in [2.75, 3.05) is 19.0 Å². The summed E-state index contributed by atoms with van der Waals surface area (Å²) < 4.78 is 5.25. The molecule has 0 aliphatic carbocycles. The van der Waals surface area contributed by atoms with Gasteiger partial charge < -0.3 is 20.7 Å². The molecule has 2 aromatic carbocycles. The number of carbonyl (C=O) groups is 1. The van der Waals surface area contributed by atoms with E-state index in [9.17, 15) is 4.79 Å². The first-order valence-electron chi connectivity index (χ1n) is 7.54. The van der Waals surface area contributed by atoms with Crippen molar-refractivity contribution in [1.29, 1.82) is 0 Å². The van der Waals surface area contributed by atoms with Crippen LogP contribution < -0.4 is 20.7 Å². The molecule has 2 aromatic rings. The van der Waals surface area contributed by atoms with Crippen molar-refractivity contribution in [3.05, 3.63) is 71.1 Å². The van der Waals surface area contributed by atoms with Crippen LogP contribution in [0.2, 0.25) is 0 Å². The Morgan fingerprint density at radius 1 is 1.04 bits per heavy atom. The number of rotatable bonds is 2. The molecule has 0 fully saturated rings. The second-order valence-corrected chi connectivity index (χ2v) is 5.62. The summed E-state index contributed by atoms with van der Waals surface area (Å²) in [4.78, 5) is 11.8. The Labute approximate surface area is 134 Å². The maximum absolute atomic E-state index is 11.8. The molecule has 0 bridgehead atoms. The minimum atomic E-state index is -0.163. The van der Waals surface area contributed by atoms with Gasteiger partial charge >= 0.3 is 6.03 Å². The van der Waals surface area contributed by atoms with E-state index in [1.165, 1.54) is 0 Å². The van der Waals surface area contributed by atoms with Crippen molar-refractivity contribution in [1.82, 2.24) is 10.6 Å². The van der Waals surface area contributed by atoms with Crippen LogP contribution in [0.5, 0.6) is 5.75 Å². The first-order chi connectivity index (χ1) is 11.3. The lowest BCUT2D eigenvalue weighted by atomic mass is 9.83. The average Bonchev–Trinajstić information content (AvgIpc) is 2.60. The highest BCUT2D eigenvalue weighted by molar-refractivity contribution is 5.81. The van der Waals surface area contributed by atoms with Crippen molar-refractivity contribution in [2.45, 2.75) is 5.92 Å². The third kappa shape index (κ3) is 2.30. The van der Waals surface area contributed by atoms with Crippen molar-refractivity contribution >= 4 is 11.7 Å². The molecule has 0 spiro atoms. The second-order valence-electron chi connectivity index (χ2n) is 5.62. The summed E-state index contributed by atoms with van der Waals surface area (Å²) in [7, 11) is 1.66. The number of amides is 2. The molecule has 2 amide bonds. The van der Waals surface area contributed by atoms with Crippen molar-refractivity contribution in [3.63, 3.8) is 0 Å². The van der Waals surface area contributed by atoms with Crippen molar-refractivity contribution in [3.8, 4) is 5.75 Å². The molecular formula is C18H17N3O2. The number of benzene rings is 2. The molecule has 0 saturated carbocycles. The van der Waals surface area contributed by atoms with E-state index in [1.807, 2.05) is 36.4 Å². The SMILES string of the molecule is COc1ccc(C2C3=C(CNC(=O)N3)Nc3ccccc32)cc1. The minimum absolute atomic E-state index is 0.000550. The summed E-state index contributed by atoms with van der Waals surface area (Å²) in [5.41, 5.74) is 5.26. The number of para-hydroxylation sites is 1. The van der Waals surface area contributed by atoms with E-state index in [0.29, 0.717) is 6.54 Å². The predicted molar refractivity (Wildman–Crippen MR) is 88.5 cm³/mol. The molecule has 1 atom stereocenters. The lowest BCUT2D eigenvalue weighted by Crippen LogP contribution is -2.46. The number of urea groups is 1. The summed E-state index contributed by atoms with van der Waals surface area (Å²) in [6.07, 6.45) is 0. The lowest BCUT2D eigenvalue weighted by molar-refractivity contribution is 0.242. The Morgan fingerprint density at radius 2 is 1.83 bits per heavy atom. The molecule has 2 heterocycles. The normalized spacial score (nSPS) is 19.0. The van der Waals surface area contributed by atoms with Gasteiger partial charge in [-0.15, -0.1) is 0 Å². The highest BCUT2D eigenvalue weighted by Gasteiger charge is 2.32. The maximum Gasteiger partial charge on any atom is 0.319 e. The van der Waals surface area contributed by atoms with Crippen LogP contribution in [0.25, 0.3) is 0 Å². The van der Waals surface area contributed by atoms with E-state index in [2.05, 4.69) is 28.1 Å². The van der Waals surface area contributed by atoms with Gasteiger partial charge in [-0.3, -0.25) is 0 Å². The van der Waals surface area contributed by atoms with Crippen LogP contribution in [-0.2, 0) is 0 Å². The molecule has 3 N–H and O–H groups in total. The number of fused-ring (bicyclic) bond motifs is 1. The highest BCUT2D eigenvalue weighted by Crippen LogP contribution is 2.41. The summed E-state index contributed by atoms with van der Waals surface area (Å²) in [6, 6.07) is 16.0. The zero-order chi connectivity index (χ0) is 15.8. The number of methoxy groups -OCH3 is 1. The van der Waals surface area contributed by atoms with Crippen LogP contribution in [0.3, 0.4) is 0 Å². The molecule has 0 aromatic heterocycles. The topological polar surface area (TPSA) is 62.4 Å². The molecule has 5 heteroatoms. The van der Waals surface area contributed by atoms with Gasteiger partial charge in [0.15, 0.2) is 0 Å². The molecule has 116 valence electrons. The number of nitrogens with one attached hydrogen (secondary N) is 3. The molecule has 0 saturated heterocycles. The zero-order valence-electron chi connectivity index (χ0n) is 12.7. The third-order valence-electron chi connectivity index (χ3n) is 4.29. The first-order valence-corrected chi connectivity index (χ1v) is 7.54. The van der Waals surface area contributed by atoms with Gasteiger partial charge in [-0.2, -0.15) is 0 Å². The van der Waals surface area contributed by atoms with Crippen molar-refractivity contribution in [2.24, 2.45) is 0 Å². The third-order valence-corrected chi connectivity index (χ3v) is 4.29. The molecule has 2 aliphatic rings. The van der Waals surface area contributed by atoms with Gasteiger partial charge in [0, 0.05) is 5.69 Å². The summed E-state index contributed by atoms with van der Waals surface area (Å²) in [6.45, 7) is 0.502. The van der Waals surface area contributed by atoms with Crippen LogP contribution in [0, 0.1) is 0 Å². The van der Waals surface area contributed by atoms with Gasteiger partial charge in [0.1, 0.15) is 5.75 Å². The van der Waals surface area contributed by atoms with E-state index >= 15 is 0 Å². The fourth-order valence-electron chi connectivity index (χ4n) is 3.19. The number of allylic oxidation sites excluding steroid dienone is 1. The molecule has 1 unspecified atom stereocenters. The van der Waals surface area contributed by atoms with Crippen LogP contribution in [0.1, 0.15) is 17.0 Å². The Bertz CT molecular complexity index is 796. The quantitative estimate of drug-likeness (QED) is 0.799. The van der Waals surface area contributed by atoms with Gasteiger partial charge in [0.2, 0.25) is 0 Å². The largest absolute Gasteiger partial charge is 0.497 e. The summed E-state index contributed by atoms with van der Waals surface area (Å²) >= 11 is 0. The number of hydrogen-bond donors (Lipinski definition) is 3. The number of ether oxygens (including phenoxy) is 1. The Balaban J connectivity index is 1.85. The Morgan fingerprint density at radius 3 is 2.61 bits per heavy atom. The maximum atomic E-state index is 11.8. The summed E-state index contributed by atoms with van der Waals surface area (Å²) in [5.74, 6) is 0.818. The Kier molecular flexibility index (Phi) is 3.19. The molecule has 0 radical (unpaired) electrons. The van der Waals surface area contributed by atoms with Gasteiger partial charge in [0.25, 0.3) is 0 Å².